The molecule has 2 N–H and O–H groups in total. The molecule has 2 atom stereocenters. The van der Waals surface area contributed by atoms with E-state index >= 15 is 0 Å². The maximum Gasteiger partial charge on any atom is 0.140 e. The summed E-state index contributed by atoms with van der Waals surface area (Å²) >= 11 is 0. The Bertz CT molecular complexity index is 970. The highest BCUT2D eigenvalue weighted by atomic mass is 19.1. The molecule has 1 saturated heterocycles. The van der Waals surface area contributed by atoms with Crippen LogP contribution in [0.2, 0.25) is 0 Å². The Morgan fingerprint density at radius 1 is 1.25 bits per heavy atom. The highest BCUT2D eigenvalue weighted by molar-refractivity contribution is 5.62. The van der Waals surface area contributed by atoms with Gasteiger partial charge in [0, 0.05) is 31.3 Å². The van der Waals surface area contributed by atoms with E-state index < -0.39 is 6.17 Å². The van der Waals surface area contributed by atoms with Crippen LogP contribution in [0.1, 0.15) is 19.3 Å². The monoisotopic (exact) mass is 381 g/mol. The molecule has 2 fully saturated rings. The van der Waals surface area contributed by atoms with Gasteiger partial charge >= 0.3 is 0 Å². The number of hydrogen-bond donors (Lipinski definition) is 2. The lowest BCUT2D eigenvalue weighted by Gasteiger charge is -2.27. The Morgan fingerprint density at radius 2 is 2.18 bits per heavy atom. The van der Waals surface area contributed by atoms with E-state index in [0.29, 0.717) is 25.6 Å². The van der Waals surface area contributed by atoms with Gasteiger partial charge in [-0.05, 0) is 44.0 Å². The second-order valence-electron chi connectivity index (χ2n) is 7.61. The number of nitrogens with one attached hydrogen (secondary N) is 2. The minimum atomic E-state index is -0.761. The second-order valence-corrected chi connectivity index (χ2v) is 7.61. The Balaban J connectivity index is 1.33. The highest BCUT2D eigenvalue weighted by Crippen LogP contribution is 2.28. The molecule has 1 aliphatic carbocycles. The van der Waals surface area contributed by atoms with Gasteiger partial charge in [-0.25, -0.2) is 14.4 Å². The smallest absolute Gasteiger partial charge is 0.140 e. The molecule has 0 spiro atoms. The van der Waals surface area contributed by atoms with E-state index in [1.54, 1.807) is 0 Å². The van der Waals surface area contributed by atoms with Crippen LogP contribution in [0.3, 0.4) is 0 Å². The van der Waals surface area contributed by atoms with E-state index in [9.17, 15) is 4.39 Å². The average Bonchev–Trinajstić information content (AvgIpc) is 3.43. The zero-order valence-corrected chi connectivity index (χ0v) is 15.6. The third kappa shape index (κ3) is 3.67. The summed E-state index contributed by atoms with van der Waals surface area (Å²) in [6.07, 6.45) is 6.24. The molecule has 4 heterocycles. The van der Waals surface area contributed by atoms with Crippen molar-refractivity contribution in [2.24, 2.45) is 5.92 Å². The van der Waals surface area contributed by atoms with Crippen molar-refractivity contribution in [3.8, 4) is 17.1 Å². The van der Waals surface area contributed by atoms with Gasteiger partial charge in [-0.2, -0.15) is 0 Å². The minimum absolute atomic E-state index is 0.0279. The molecule has 5 rings (SSSR count). The van der Waals surface area contributed by atoms with Crippen molar-refractivity contribution in [3.05, 3.63) is 42.7 Å². The standard InChI is InChI=1S/C21H24FN5O/c22-17-6-8-23-11-14(17)12-24-20-3-1-2-18(26-20)19-13-25-21-10-16(7-9-27(19)21)28-15-4-5-15/h1-3,7,9-10,13-15,17,23H,4-6,8,11-12H2,(H,24,26)/t14-,17+/m1/s1. The maximum atomic E-state index is 14.0. The molecule has 6 nitrogen and oxygen atoms in total. The van der Waals surface area contributed by atoms with Gasteiger partial charge in [-0.1, -0.05) is 6.07 Å². The van der Waals surface area contributed by atoms with Gasteiger partial charge in [0.15, 0.2) is 0 Å². The SMILES string of the molecule is F[C@H]1CCNC[C@@H]1CNc1cccc(-c2cnc3cc(OC4CC4)ccn23)n1. The number of piperidine rings is 1. The molecule has 0 radical (unpaired) electrons. The van der Waals surface area contributed by atoms with Gasteiger partial charge in [0.25, 0.3) is 0 Å². The van der Waals surface area contributed by atoms with Crippen molar-refractivity contribution in [1.29, 1.82) is 0 Å². The van der Waals surface area contributed by atoms with Gasteiger partial charge in [-0.3, -0.25) is 4.40 Å². The number of halogens is 1. The second kappa shape index (κ2) is 7.39. The van der Waals surface area contributed by atoms with Crippen LogP contribution in [0.25, 0.3) is 17.0 Å². The Labute approximate surface area is 163 Å². The Kier molecular flexibility index (Phi) is 4.60. The fraction of sp³-hybridized carbons (Fsp3) is 0.429. The molecule has 2 aliphatic rings. The quantitative estimate of drug-likeness (QED) is 0.686. The number of aromatic nitrogens is 3. The molecule has 0 aromatic carbocycles. The van der Waals surface area contributed by atoms with Crippen molar-refractivity contribution in [2.75, 3.05) is 25.0 Å². The third-order valence-corrected chi connectivity index (χ3v) is 5.38. The zero-order valence-electron chi connectivity index (χ0n) is 15.6. The van der Waals surface area contributed by atoms with Gasteiger partial charge in [0.2, 0.25) is 0 Å². The van der Waals surface area contributed by atoms with Crippen LogP contribution in [0.4, 0.5) is 10.2 Å². The molecule has 3 aromatic heterocycles. The number of rotatable bonds is 6. The van der Waals surface area contributed by atoms with Crippen molar-refractivity contribution >= 4 is 11.5 Å². The first-order valence-corrected chi connectivity index (χ1v) is 9.96. The van der Waals surface area contributed by atoms with Crippen molar-refractivity contribution in [3.63, 3.8) is 0 Å². The largest absolute Gasteiger partial charge is 0.490 e. The molecule has 7 heteroatoms. The zero-order chi connectivity index (χ0) is 18.9. The van der Waals surface area contributed by atoms with Crippen LogP contribution >= 0.6 is 0 Å². The summed E-state index contributed by atoms with van der Waals surface area (Å²) < 4.78 is 21.9. The summed E-state index contributed by atoms with van der Waals surface area (Å²) in [5.41, 5.74) is 2.58. The van der Waals surface area contributed by atoms with E-state index in [4.69, 9.17) is 9.72 Å². The van der Waals surface area contributed by atoms with Crippen LogP contribution in [0.5, 0.6) is 5.75 Å². The summed E-state index contributed by atoms with van der Waals surface area (Å²) in [5, 5.41) is 6.55. The van der Waals surface area contributed by atoms with E-state index in [1.807, 2.05) is 47.1 Å². The molecule has 146 valence electrons. The van der Waals surface area contributed by atoms with E-state index in [1.165, 1.54) is 0 Å². The summed E-state index contributed by atoms with van der Waals surface area (Å²) in [5.74, 6) is 1.58. The number of pyridine rings is 2. The molecule has 0 bridgehead atoms. The number of ether oxygens (including phenoxy) is 1. The first-order valence-electron chi connectivity index (χ1n) is 9.96. The number of alkyl halides is 1. The molecule has 1 saturated carbocycles. The number of imidazole rings is 1. The maximum absolute atomic E-state index is 14.0. The lowest BCUT2D eigenvalue weighted by atomic mass is 9.97. The van der Waals surface area contributed by atoms with Gasteiger partial charge in [-0.15, -0.1) is 0 Å². The Hall–Kier alpha value is -2.67. The highest BCUT2D eigenvalue weighted by Gasteiger charge is 2.25. The normalized spacial score (nSPS) is 22.3. The van der Waals surface area contributed by atoms with Gasteiger partial charge in [0.1, 0.15) is 23.4 Å². The molecule has 0 unspecified atom stereocenters. The summed E-state index contributed by atoms with van der Waals surface area (Å²) in [6.45, 7) is 2.03. The number of hydrogen-bond acceptors (Lipinski definition) is 5. The minimum Gasteiger partial charge on any atom is -0.490 e. The number of anilines is 1. The summed E-state index contributed by atoms with van der Waals surface area (Å²) in [4.78, 5) is 9.22. The molecule has 0 amide bonds. The van der Waals surface area contributed by atoms with Gasteiger partial charge in [0.05, 0.1) is 23.7 Å². The molecular weight excluding hydrogens is 357 g/mol. The Morgan fingerprint density at radius 3 is 3.04 bits per heavy atom. The fourth-order valence-electron chi connectivity index (χ4n) is 3.61. The third-order valence-electron chi connectivity index (χ3n) is 5.38. The first-order chi connectivity index (χ1) is 13.8. The van der Waals surface area contributed by atoms with Crippen LogP contribution in [0, 0.1) is 5.92 Å². The van der Waals surface area contributed by atoms with Crippen LogP contribution < -0.4 is 15.4 Å². The summed E-state index contributed by atoms with van der Waals surface area (Å²) in [7, 11) is 0. The topological polar surface area (TPSA) is 63.5 Å². The predicted octanol–water partition coefficient (Wildman–Crippen LogP) is 3.30. The van der Waals surface area contributed by atoms with Gasteiger partial charge < -0.3 is 15.4 Å². The average molecular weight is 381 g/mol. The first kappa shape index (κ1) is 17.4. The van der Waals surface area contributed by atoms with Crippen LogP contribution in [-0.2, 0) is 0 Å². The molecular formula is C21H24FN5O. The van der Waals surface area contributed by atoms with E-state index in [-0.39, 0.29) is 5.92 Å². The van der Waals surface area contributed by atoms with Crippen LogP contribution in [0.15, 0.2) is 42.7 Å². The lowest BCUT2D eigenvalue weighted by molar-refractivity contribution is 0.187. The molecule has 3 aromatic rings. The lowest BCUT2D eigenvalue weighted by Crippen LogP contribution is -2.41. The number of fused-ring (bicyclic) bond motifs is 1. The predicted molar refractivity (Wildman–Crippen MR) is 106 cm³/mol. The fourth-order valence-corrected chi connectivity index (χ4v) is 3.61. The molecule has 1 aliphatic heterocycles. The van der Waals surface area contributed by atoms with Crippen molar-refractivity contribution in [1.82, 2.24) is 19.7 Å². The molecule has 28 heavy (non-hydrogen) atoms. The van der Waals surface area contributed by atoms with E-state index in [0.717, 1.165) is 48.0 Å². The van der Waals surface area contributed by atoms with E-state index in [2.05, 4.69) is 15.6 Å². The summed E-state index contributed by atoms with van der Waals surface area (Å²) in [6, 6.07) is 9.76. The number of nitrogens with zero attached hydrogens (tertiary/aromatic N) is 3. The van der Waals surface area contributed by atoms with Crippen LogP contribution in [-0.4, -0.2) is 46.3 Å². The van der Waals surface area contributed by atoms with Crippen molar-refractivity contribution in [2.45, 2.75) is 31.5 Å². The van der Waals surface area contributed by atoms with Crippen molar-refractivity contribution < 1.29 is 9.13 Å².